The van der Waals surface area contributed by atoms with E-state index >= 15 is 0 Å². The van der Waals surface area contributed by atoms with E-state index in [1.54, 1.807) is 6.20 Å². The van der Waals surface area contributed by atoms with Gasteiger partial charge in [-0.25, -0.2) is 4.98 Å². The Kier molecular flexibility index (Phi) is 2.18. The van der Waals surface area contributed by atoms with Crippen LogP contribution in [-0.4, -0.2) is 22.3 Å². The highest BCUT2D eigenvalue weighted by molar-refractivity contribution is 7.15. The zero-order valence-electron chi connectivity index (χ0n) is 7.19. The molecule has 0 saturated carbocycles. The maximum Gasteiger partial charge on any atom is 0.222 e. The lowest BCUT2D eigenvalue weighted by Gasteiger charge is -2.12. The molecule has 1 aliphatic heterocycles. The standard InChI is InChI=1S/C8H11N3OS/c9-8-10-4-6(13-8)5-11-3-1-2-7(11)12/h4H,1-3,5H2,(H2,9,10). The Morgan fingerprint density at radius 2 is 2.54 bits per heavy atom. The second kappa shape index (κ2) is 3.33. The number of carbonyl (C=O) groups is 1. The number of rotatable bonds is 2. The molecule has 1 saturated heterocycles. The van der Waals surface area contributed by atoms with Gasteiger partial charge in [0.15, 0.2) is 5.13 Å². The van der Waals surface area contributed by atoms with Gasteiger partial charge < -0.3 is 10.6 Å². The van der Waals surface area contributed by atoms with Crippen LogP contribution in [0.1, 0.15) is 17.7 Å². The van der Waals surface area contributed by atoms with Gasteiger partial charge in [-0.3, -0.25) is 4.79 Å². The van der Waals surface area contributed by atoms with E-state index in [0.29, 0.717) is 18.1 Å². The maximum atomic E-state index is 11.3. The second-order valence-corrected chi connectivity index (χ2v) is 4.23. The van der Waals surface area contributed by atoms with Crippen LogP contribution in [0.2, 0.25) is 0 Å². The highest BCUT2D eigenvalue weighted by atomic mass is 32.1. The van der Waals surface area contributed by atoms with Crippen molar-refractivity contribution in [3.05, 3.63) is 11.1 Å². The number of anilines is 1. The van der Waals surface area contributed by atoms with Gasteiger partial charge in [0.05, 0.1) is 6.54 Å². The van der Waals surface area contributed by atoms with Gasteiger partial charge in [-0.1, -0.05) is 0 Å². The summed E-state index contributed by atoms with van der Waals surface area (Å²) in [5, 5.41) is 0.571. The average molecular weight is 197 g/mol. The maximum absolute atomic E-state index is 11.3. The molecule has 1 aromatic rings. The van der Waals surface area contributed by atoms with Crippen molar-refractivity contribution in [3.8, 4) is 0 Å². The first-order chi connectivity index (χ1) is 6.25. The Labute approximate surface area is 80.4 Å². The summed E-state index contributed by atoms with van der Waals surface area (Å²) in [7, 11) is 0. The number of aromatic nitrogens is 1. The normalized spacial score (nSPS) is 16.9. The highest BCUT2D eigenvalue weighted by Crippen LogP contribution is 2.19. The van der Waals surface area contributed by atoms with Crippen molar-refractivity contribution in [1.29, 1.82) is 0 Å². The Balaban J connectivity index is 2.01. The number of amides is 1. The summed E-state index contributed by atoms with van der Waals surface area (Å²) in [6, 6.07) is 0. The van der Waals surface area contributed by atoms with Gasteiger partial charge in [0.25, 0.3) is 0 Å². The van der Waals surface area contributed by atoms with Crippen LogP contribution in [-0.2, 0) is 11.3 Å². The lowest BCUT2D eigenvalue weighted by Crippen LogP contribution is -2.23. The number of nitrogens with two attached hydrogens (primary N) is 1. The van der Waals surface area contributed by atoms with Gasteiger partial charge in [-0.2, -0.15) is 0 Å². The SMILES string of the molecule is Nc1ncc(CN2CCCC2=O)s1. The Morgan fingerprint density at radius 3 is 3.08 bits per heavy atom. The molecule has 0 aromatic carbocycles. The van der Waals surface area contributed by atoms with Crippen LogP contribution in [0.3, 0.4) is 0 Å². The van der Waals surface area contributed by atoms with Crippen LogP contribution in [0.5, 0.6) is 0 Å². The fourth-order valence-corrected chi connectivity index (χ4v) is 2.15. The molecule has 0 bridgehead atoms. The number of carbonyl (C=O) groups excluding carboxylic acids is 1. The van der Waals surface area contributed by atoms with Gasteiger partial charge in [0, 0.05) is 24.0 Å². The minimum atomic E-state index is 0.243. The predicted molar refractivity (Wildman–Crippen MR) is 51.2 cm³/mol. The lowest BCUT2D eigenvalue weighted by atomic mass is 10.4. The van der Waals surface area contributed by atoms with Crippen molar-refractivity contribution in [2.75, 3.05) is 12.3 Å². The summed E-state index contributed by atoms with van der Waals surface area (Å²) >= 11 is 1.45. The van der Waals surface area contributed by atoms with E-state index in [1.165, 1.54) is 11.3 Å². The summed E-state index contributed by atoms with van der Waals surface area (Å²) in [5.41, 5.74) is 5.49. The third-order valence-electron chi connectivity index (χ3n) is 2.09. The topological polar surface area (TPSA) is 59.2 Å². The molecule has 2 N–H and O–H groups in total. The van der Waals surface area contributed by atoms with Crippen molar-refractivity contribution in [1.82, 2.24) is 9.88 Å². The van der Waals surface area contributed by atoms with Crippen LogP contribution < -0.4 is 5.73 Å². The van der Waals surface area contributed by atoms with Gasteiger partial charge in [-0.15, -0.1) is 11.3 Å². The molecule has 0 atom stereocenters. The number of nitrogens with zero attached hydrogens (tertiary/aromatic N) is 2. The lowest BCUT2D eigenvalue weighted by molar-refractivity contribution is -0.128. The summed E-state index contributed by atoms with van der Waals surface area (Å²) in [5.74, 6) is 0.243. The van der Waals surface area contributed by atoms with E-state index in [-0.39, 0.29) is 5.91 Å². The average Bonchev–Trinajstić information content (AvgIpc) is 2.64. The molecule has 1 aliphatic rings. The molecular formula is C8H11N3OS. The Morgan fingerprint density at radius 1 is 1.69 bits per heavy atom. The van der Waals surface area contributed by atoms with E-state index in [2.05, 4.69) is 4.98 Å². The van der Waals surface area contributed by atoms with E-state index in [0.717, 1.165) is 17.8 Å². The molecule has 0 radical (unpaired) electrons. The van der Waals surface area contributed by atoms with E-state index in [4.69, 9.17) is 5.73 Å². The van der Waals surface area contributed by atoms with E-state index < -0.39 is 0 Å². The molecule has 1 fully saturated rings. The quantitative estimate of drug-likeness (QED) is 0.764. The van der Waals surface area contributed by atoms with Gasteiger partial charge in [0.2, 0.25) is 5.91 Å². The molecule has 2 rings (SSSR count). The van der Waals surface area contributed by atoms with Crippen molar-refractivity contribution >= 4 is 22.4 Å². The molecule has 1 amide bonds. The van der Waals surface area contributed by atoms with Crippen LogP contribution in [0, 0.1) is 0 Å². The molecule has 2 heterocycles. The molecule has 0 spiro atoms. The first kappa shape index (κ1) is 8.50. The Hall–Kier alpha value is -1.10. The predicted octanol–water partition coefficient (Wildman–Crippen LogP) is 0.848. The summed E-state index contributed by atoms with van der Waals surface area (Å²) in [6.45, 7) is 1.55. The Bertz CT molecular complexity index is 323. The molecule has 4 nitrogen and oxygen atoms in total. The largest absolute Gasteiger partial charge is 0.375 e. The number of hydrogen-bond acceptors (Lipinski definition) is 4. The first-order valence-electron chi connectivity index (χ1n) is 4.23. The third kappa shape index (κ3) is 1.80. The number of thiazole rings is 1. The third-order valence-corrected chi connectivity index (χ3v) is 2.90. The molecule has 1 aromatic heterocycles. The van der Waals surface area contributed by atoms with Gasteiger partial charge in [-0.05, 0) is 6.42 Å². The minimum Gasteiger partial charge on any atom is -0.375 e. The molecule has 0 aliphatic carbocycles. The summed E-state index contributed by atoms with van der Waals surface area (Å²) in [4.78, 5) is 18.1. The summed E-state index contributed by atoms with van der Waals surface area (Å²) < 4.78 is 0. The zero-order valence-corrected chi connectivity index (χ0v) is 8.01. The molecule has 13 heavy (non-hydrogen) atoms. The number of likely N-dealkylation sites (tertiary alicyclic amines) is 1. The fraction of sp³-hybridized carbons (Fsp3) is 0.500. The van der Waals surface area contributed by atoms with E-state index in [9.17, 15) is 4.79 Å². The first-order valence-corrected chi connectivity index (χ1v) is 5.05. The van der Waals surface area contributed by atoms with Crippen molar-refractivity contribution in [2.45, 2.75) is 19.4 Å². The van der Waals surface area contributed by atoms with Gasteiger partial charge in [0.1, 0.15) is 0 Å². The molecular weight excluding hydrogens is 186 g/mol. The fourth-order valence-electron chi connectivity index (χ4n) is 1.46. The van der Waals surface area contributed by atoms with E-state index in [1.807, 2.05) is 4.90 Å². The second-order valence-electron chi connectivity index (χ2n) is 3.08. The smallest absolute Gasteiger partial charge is 0.222 e. The molecule has 70 valence electrons. The van der Waals surface area contributed by atoms with Crippen LogP contribution >= 0.6 is 11.3 Å². The number of hydrogen-bond donors (Lipinski definition) is 1. The van der Waals surface area contributed by atoms with Crippen molar-refractivity contribution < 1.29 is 4.79 Å². The van der Waals surface area contributed by atoms with Crippen molar-refractivity contribution in [3.63, 3.8) is 0 Å². The zero-order chi connectivity index (χ0) is 9.26. The van der Waals surface area contributed by atoms with Crippen LogP contribution in [0.4, 0.5) is 5.13 Å². The van der Waals surface area contributed by atoms with Gasteiger partial charge >= 0.3 is 0 Å². The summed E-state index contributed by atoms with van der Waals surface area (Å²) in [6.07, 6.45) is 3.41. The van der Waals surface area contributed by atoms with Crippen LogP contribution in [0.25, 0.3) is 0 Å². The molecule has 5 heteroatoms. The number of nitrogen functional groups attached to an aromatic ring is 1. The minimum absolute atomic E-state index is 0.243. The highest BCUT2D eigenvalue weighted by Gasteiger charge is 2.20. The van der Waals surface area contributed by atoms with Crippen molar-refractivity contribution in [2.24, 2.45) is 0 Å². The monoisotopic (exact) mass is 197 g/mol. The molecule has 0 unspecified atom stereocenters. The van der Waals surface area contributed by atoms with Crippen LogP contribution in [0.15, 0.2) is 6.20 Å².